The number of hydrogen-bond acceptors (Lipinski definition) is 5. The van der Waals surface area contributed by atoms with E-state index < -0.39 is 0 Å². The van der Waals surface area contributed by atoms with Gasteiger partial charge in [0, 0.05) is 16.8 Å². The zero-order chi connectivity index (χ0) is 14.1. The Morgan fingerprint density at radius 2 is 2.10 bits per heavy atom. The number of nitrogens with two attached hydrogens (primary N) is 1. The molecule has 0 saturated carbocycles. The fourth-order valence-corrected chi connectivity index (χ4v) is 2.00. The van der Waals surface area contributed by atoms with E-state index in [1.54, 1.807) is 36.4 Å². The number of benzene rings is 2. The molecule has 6 heteroatoms. The lowest BCUT2D eigenvalue weighted by atomic mass is 10.2. The summed E-state index contributed by atoms with van der Waals surface area (Å²) in [6.45, 7) is 0. The highest BCUT2D eigenvalue weighted by Gasteiger charge is 2.09. The molecule has 0 aliphatic rings. The lowest BCUT2D eigenvalue weighted by molar-refractivity contribution is 0.623. The number of nitrogen functional groups attached to an aromatic ring is 1. The Labute approximate surface area is 119 Å². The maximum Gasteiger partial charge on any atom is 0.300 e. The van der Waals surface area contributed by atoms with Gasteiger partial charge in [-0.05, 0) is 30.3 Å². The van der Waals surface area contributed by atoms with Crippen molar-refractivity contribution in [2.75, 3.05) is 11.1 Å². The van der Waals surface area contributed by atoms with Crippen LogP contribution in [-0.2, 0) is 0 Å². The van der Waals surface area contributed by atoms with Crippen molar-refractivity contribution in [2.45, 2.75) is 0 Å². The van der Waals surface area contributed by atoms with Crippen LogP contribution in [0.25, 0.3) is 11.1 Å². The van der Waals surface area contributed by atoms with Crippen LogP contribution in [0.1, 0.15) is 5.56 Å². The largest absolute Gasteiger partial charge is 0.423 e. The molecule has 0 atom stereocenters. The molecule has 0 saturated heterocycles. The first kappa shape index (κ1) is 12.3. The van der Waals surface area contributed by atoms with Gasteiger partial charge in [-0.25, -0.2) is 0 Å². The molecular weight excluding hydrogens is 276 g/mol. The first-order valence-electron chi connectivity index (χ1n) is 5.78. The van der Waals surface area contributed by atoms with E-state index in [-0.39, 0.29) is 6.01 Å². The summed E-state index contributed by atoms with van der Waals surface area (Å²) < 4.78 is 5.54. The highest BCUT2D eigenvalue weighted by Crippen LogP contribution is 2.27. The van der Waals surface area contributed by atoms with Gasteiger partial charge in [0.2, 0.25) is 0 Å². The number of rotatable bonds is 2. The quantitative estimate of drug-likeness (QED) is 0.701. The zero-order valence-corrected chi connectivity index (χ0v) is 11.0. The molecule has 20 heavy (non-hydrogen) atoms. The Morgan fingerprint density at radius 1 is 1.25 bits per heavy atom. The number of hydrogen-bond donors (Lipinski definition) is 2. The summed E-state index contributed by atoms with van der Waals surface area (Å²) in [6.07, 6.45) is 0. The van der Waals surface area contributed by atoms with E-state index in [1.807, 2.05) is 0 Å². The van der Waals surface area contributed by atoms with Crippen molar-refractivity contribution in [3.8, 4) is 6.07 Å². The SMILES string of the molecule is N#Cc1ccc(Cl)cc1Nc1nc2ccc(N)cc2o1. The van der Waals surface area contributed by atoms with Crippen molar-refractivity contribution < 1.29 is 4.42 Å². The van der Waals surface area contributed by atoms with E-state index in [9.17, 15) is 0 Å². The molecule has 0 unspecified atom stereocenters. The Morgan fingerprint density at radius 3 is 2.90 bits per heavy atom. The zero-order valence-electron chi connectivity index (χ0n) is 10.2. The average molecular weight is 285 g/mol. The molecule has 1 heterocycles. The molecule has 3 N–H and O–H groups in total. The molecule has 3 aromatic rings. The minimum atomic E-state index is 0.282. The van der Waals surface area contributed by atoms with E-state index in [2.05, 4.69) is 16.4 Å². The van der Waals surface area contributed by atoms with Gasteiger partial charge in [0.1, 0.15) is 11.6 Å². The van der Waals surface area contributed by atoms with Crippen LogP contribution < -0.4 is 11.1 Å². The monoisotopic (exact) mass is 284 g/mol. The molecule has 98 valence electrons. The van der Waals surface area contributed by atoms with Crippen molar-refractivity contribution in [1.82, 2.24) is 4.98 Å². The van der Waals surface area contributed by atoms with Crippen LogP contribution in [-0.4, -0.2) is 4.98 Å². The van der Waals surface area contributed by atoms with E-state index in [0.717, 1.165) is 0 Å². The Kier molecular flexibility index (Phi) is 2.93. The normalized spacial score (nSPS) is 10.4. The summed E-state index contributed by atoms with van der Waals surface area (Å²) in [4.78, 5) is 4.27. The number of aromatic nitrogens is 1. The summed E-state index contributed by atoms with van der Waals surface area (Å²) in [6, 6.07) is 12.5. The molecule has 0 aliphatic carbocycles. The van der Waals surface area contributed by atoms with E-state index in [1.165, 1.54) is 0 Å². The van der Waals surface area contributed by atoms with Crippen molar-refractivity contribution in [1.29, 1.82) is 5.26 Å². The minimum absolute atomic E-state index is 0.282. The average Bonchev–Trinajstić information content (AvgIpc) is 2.80. The topological polar surface area (TPSA) is 87.9 Å². The number of nitrogens with one attached hydrogen (secondary N) is 1. The first-order valence-corrected chi connectivity index (χ1v) is 6.16. The van der Waals surface area contributed by atoms with Crippen LogP contribution in [0.2, 0.25) is 5.02 Å². The van der Waals surface area contributed by atoms with Gasteiger partial charge < -0.3 is 15.5 Å². The standard InChI is InChI=1S/C14H9ClN4O/c15-9-2-1-8(7-16)12(5-9)19-14-18-11-4-3-10(17)6-13(11)20-14/h1-6H,17H2,(H,18,19). The molecular formula is C14H9ClN4O. The number of oxazole rings is 1. The van der Waals surface area contributed by atoms with Crippen LogP contribution in [0, 0.1) is 11.3 Å². The maximum absolute atomic E-state index is 9.06. The molecule has 3 rings (SSSR count). The fourth-order valence-electron chi connectivity index (χ4n) is 1.83. The summed E-state index contributed by atoms with van der Waals surface area (Å²) in [5, 5.41) is 12.5. The summed E-state index contributed by atoms with van der Waals surface area (Å²) in [7, 11) is 0. The number of nitrogens with zero attached hydrogens (tertiary/aromatic N) is 2. The van der Waals surface area contributed by atoms with E-state index in [4.69, 9.17) is 27.0 Å². The molecule has 0 aliphatic heterocycles. The van der Waals surface area contributed by atoms with Gasteiger partial charge in [-0.15, -0.1) is 0 Å². The Balaban J connectivity index is 2.01. The van der Waals surface area contributed by atoms with E-state index >= 15 is 0 Å². The predicted octanol–water partition coefficient (Wildman–Crippen LogP) is 3.68. The second-order valence-corrected chi connectivity index (χ2v) is 4.61. The molecule has 0 fully saturated rings. The third-order valence-corrected chi connectivity index (χ3v) is 2.99. The minimum Gasteiger partial charge on any atom is -0.423 e. The molecule has 0 spiro atoms. The van der Waals surface area contributed by atoms with Crippen molar-refractivity contribution in [3.05, 3.63) is 47.0 Å². The Bertz CT molecular complexity index is 835. The second kappa shape index (κ2) is 4.76. The summed E-state index contributed by atoms with van der Waals surface area (Å²) in [5.74, 6) is 0. The van der Waals surface area contributed by atoms with Gasteiger partial charge in [-0.3, -0.25) is 0 Å². The Hall–Kier alpha value is -2.71. The summed E-state index contributed by atoms with van der Waals surface area (Å²) >= 11 is 5.92. The fraction of sp³-hybridized carbons (Fsp3) is 0. The number of anilines is 3. The molecule has 0 radical (unpaired) electrons. The highest BCUT2D eigenvalue weighted by molar-refractivity contribution is 6.30. The van der Waals surface area contributed by atoms with Crippen molar-refractivity contribution in [3.63, 3.8) is 0 Å². The summed E-state index contributed by atoms with van der Waals surface area (Å²) in [5.41, 5.74) is 8.54. The second-order valence-electron chi connectivity index (χ2n) is 4.17. The van der Waals surface area contributed by atoms with E-state index in [0.29, 0.717) is 33.1 Å². The molecule has 0 bridgehead atoms. The van der Waals surface area contributed by atoms with Crippen LogP contribution in [0.3, 0.4) is 0 Å². The first-order chi connectivity index (χ1) is 9.65. The number of fused-ring (bicyclic) bond motifs is 1. The van der Waals surface area contributed by atoms with Gasteiger partial charge in [-0.2, -0.15) is 10.2 Å². The van der Waals surface area contributed by atoms with Crippen LogP contribution >= 0.6 is 11.6 Å². The number of halogens is 1. The predicted molar refractivity (Wildman–Crippen MR) is 77.9 cm³/mol. The molecule has 2 aromatic carbocycles. The molecule has 1 aromatic heterocycles. The van der Waals surface area contributed by atoms with Gasteiger partial charge in [0.05, 0.1) is 11.3 Å². The van der Waals surface area contributed by atoms with Crippen LogP contribution in [0.5, 0.6) is 0 Å². The van der Waals surface area contributed by atoms with Gasteiger partial charge in [-0.1, -0.05) is 11.6 Å². The molecule has 0 amide bonds. The van der Waals surface area contributed by atoms with Crippen LogP contribution in [0.15, 0.2) is 40.8 Å². The van der Waals surface area contributed by atoms with Gasteiger partial charge >= 0.3 is 0 Å². The lowest BCUT2D eigenvalue weighted by Gasteiger charge is -2.04. The van der Waals surface area contributed by atoms with Crippen molar-refractivity contribution in [2.24, 2.45) is 0 Å². The highest BCUT2D eigenvalue weighted by atomic mass is 35.5. The van der Waals surface area contributed by atoms with Gasteiger partial charge in [0.15, 0.2) is 5.58 Å². The third kappa shape index (κ3) is 2.25. The van der Waals surface area contributed by atoms with Crippen LogP contribution in [0.4, 0.5) is 17.4 Å². The lowest BCUT2D eigenvalue weighted by Crippen LogP contribution is -1.93. The third-order valence-electron chi connectivity index (χ3n) is 2.76. The van der Waals surface area contributed by atoms with Gasteiger partial charge in [0.25, 0.3) is 6.01 Å². The number of nitriles is 1. The van der Waals surface area contributed by atoms with Crippen molar-refractivity contribution >= 4 is 40.1 Å². The smallest absolute Gasteiger partial charge is 0.300 e. The maximum atomic E-state index is 9.06. The molecule has 5 nitrogen and oxygen atoms in total.